The Labute approximate surface area is 88.6 Å². The highest BCUT2D eigenvalue weighted by molar-refractivity contribution is 5.78. The van der Waals surface area contributed by atoms with Crippen molar-refractivity contribution in [3.05, 3.63) is 0 Å². The van der Waals surface area contributed by atoms with Crippen LogP contribution in [0.25, 0.3) is 0 Å². The average molecular weight is 212 g/mol. The Morgan fingerprint density at radius 2 is 2.20 bits per heavy atom. The van der Waals surface area contributed by atoms with E-state index in [1.54, 1.807) is 6.92 Å². The molecular formula is C11H16O4. The minimum Gasteiger partial charge on any atom is -0.481 e. The summed E-state index contributed by atoms with van der Waals surface area (Å²) in [5.74, 6) is -1.03. The standard InChI is InChI=1S/C11H16O4/c1-11(6-9(12)13)8-5-3-2-4-7(8)10(14)15-11/h7-8H,2-6H2,1H3,(H,12,13)/t7-,8-,11?/m1/s1. The van der Waals surface area contributed by atoms with Crippen molar-refractivity contribution in [1.29, 1.82) is 0 Å². The van der Waals surface area contributed by atoms with Crippen molar-refractivity contribution in [2.24, 2.45) is 11.8 Å². The maximum atomic E-state index is 11.6. The van der Waals surface area contributed by atoms with Crippen molar-refractivity contribution in [2.75, 3.05) is 0 Å². The fraction of sp³-hybridized carbons (Fsp3) is 0.818. The molecule has 0 spiro atoms. The fourth-order valence-corrected chi connectivity index (χ4v) is 2.99. The van der Waals surface area contributed by atoms with E-state index >= 15 is 0 Å². The third kappa shape index (κ3) is 1.73. The summed E-state index contributed by atoms with van der Waals surface area (Å²) < 4.78 is 5.29. The van der Waals surface area contributed by atoms with E-state index in [0.29, 0.717) is 0 Å². The highest BCUT2D eigenvalue weighted by atomic mass is 16.6. The number of hydrogen-bond donors (Lipinski definition) is 1. The van der Waals surface area contributed by atoms with E-state index in [9.17, 15) is 9.59 Å². The highest BCUT2D eigenvalue weighted by Crippen LogP contribution is 2.47. The van der Waals surface area contributed by atoms with E-state index in [1.807, 2.05) is 0 Å². The molecule has 1 aliphatic carbocycles. The predicted molar refractivity (Wildman–Crippen MR) is 52.2 cm³/mol. The molecule has 0 amide bonds. The van der Waals surface area contributed by atoms with Crippen LogP contribution in [0, 0.1) is 11.8 Å². The van der Waals surface area contributed by atoms with Gasteiger partial charge in [-0.25, -0.2) is 0 Å². The Bertz CT molecular complexity index is 299. The SMILES string of the molecule is CC1(CC(=O)O)OC(=O)[C@@H]2CCCC[C@H]21. The molecule has 0 radical (unpaired) electrons. The summed E-state index contributed by atoms with van der Waals surface area (Å²) in [5.41, 5.74) is -0.770. The number of cyclic esters (lactones) is 1. The van der Waals surface area contributed by atoms with Crippen molar-refractivity contribution in [3.63, 3.8) is 0 Å². The van der Waals surface area contributed by atoms with Crippen molar-refractivity contribution < 1.29 is 19.4 Å². The van der Waals surface area contributed by atoms with Gasteiger partial charge in [-0.1, -0.05) is 12.8 Å². The summed E-state index contributed by atoms with van der Waals surface area (Å²) in [6.07, 6.45) is 3.84. The van der Waals surface area contributed by atoms with E-state index in [2.05, 4.69) is 0 Å². The largest absolute Gasteiger partial charge is 0.481 e. The molecule has 1 heterocycles. The third-order valence-corrected chi connectivity index (χ3v) is 3.69. The Morgan fingerprint density at radius 1 is 1.53 bits per heavy atom. The van der Waals surface area contributed by atoms with Gasteiger partial charge >= 0.3 is 11.9 Å². The molecule has 2 aliphatic rings. The lowest BCUT2D eigenvalue weighted by atomic mass is 9.72. The zero-order chi connectivity index (χ0) is 11.1. The van der Waals surface area contributed by atoms with Crippen molar-refractivity contribution in [2.45, 2.75) is 44.6 Å². The number of rotatable bonds is 2. The lowest BCUT2D eigenvalue weighted by Gasteiger charge is -2.31. The molecule has 2 rings (SSSR count). The molecule has 2 fully saturated rings. The van der Waals surface area contributed by atoms with Crippen LogP contribution in [0.2, 0.25) is 0 Å². The summed E-state index contributed by atoms with van der Waals surface area (Å²) in [4.78, 5) is 22.3. The number of ether oxygens (including phenoxy) is 1. The summed E-state index contributed by atoms with van der Waals surface area (Å²) in [5, 5.41) is 8.82. The molecule has 0 bridgehead atoms. The number of carbonyl (C=O) groups excluding carboxylic acids is 1. The van der Waals surface area contributed by atoms with Gasteiger partial charge in [-0.05, 0) is 19.8 Å². The molecule has 1 saturated carbocycles. The Kier molecular flexibility index (Phi) is 2.44. The average Bonchev–Trinajstić information content (AvgIpc) is 2.39. The first-order chi connectivity index (χ1) is 7.03. The van der Waals surface area contributed by atoms with Gasteiger partial charge in [0, 0.05) is 5.92 Å². The Balaban J connectivity index is 2.19. The molecule has 0 aromatic rings. The van der Waals surface area contributed by atoms with Gasteiger partial charge in [0.15, 0.2) is 0 Å². The zero-order valence-corrected chi connectivity index (χ0v) is 8.86. The highest BCUT2D eigenvalue weighted by Gasteiger charge is 2.53. The van der Waals surface area contributed by atoms with Crippen molar-refractivity contribution in [1.82, 2.24) is 0 Å². The van der Waals surface area contributed by atoms with Gasteiger partial charge < -0.3 is 9.84 Å². The van der Waals surface area contributed by atoms with Crippen molar-refractivity contribution >= 4 is 11.9 Å². The second kappa shape index (κ2) is 3.51. The van der Waals surface area contributed by atoms with E-state index < -0.39 is 11.6 Å². The smallest absolute Gasteiger partial charge is 0.309 e. The molecule has 1 saturated heterocycles. The van der Waals surface area contributed by atoms with Crippen LogP contribution in [0.5, 0.6) is 0 Å². The lowest BCUT2D eigenvalue weighted by molar-refractivity contribution is -0.155. The minimum absolute atomic E-state index is 0.0527. The van der Waals surface area contributed by atoms with Crippen LogP contribution in [0.1, 0.15) is 39.0 Å². The molecule has 1 unspecified atom stereocenters. The van der Waals surface area contributed by atoms with E-state index in [-0.39, 0.29) is 24.2 Å². The van der Waals surface area contributed by atoms with E-state index in [1.165, 1.54) is 0 Å². The first-order valence-corrected chi connectivity index (χ1v) is 5.47. The maximum Gasteiger partial charge on any atom is 0.309 e. The normalized spacial score (nSPS) is 39.7. The first kappa shape index (κ1) is 10.5. The van der Waals surface area contributed by atoms with Gasteiger partial charge in [0.05, 0.1) is 12.3 Å². The third-order valence-electron chi connectivity index (χ3n) is 3.69. The van der Waals surface area contributed by atoms with Crippen LogP contribution in [0.3, 0.4) is 0 Å². The van der Waals surface area contributed by atoms with Gasteiger partial charge in [0.25, 0.3) is 0 Å². The number of fused-ring (bicyclic) bond motifs is 1. The molecule has 1 aliphatic heterocycles. The number of carbonyl (C=O) groups is 2. The van der Waals surface area contributed by atoms with Crippen molar-refractivity contribution in [3.8, 4) is 0 Å². The number of aliphatic carboxylic acids is 1. The van der Waals surface area contributed by atoms with Crippen LogP contribution in [0.4, 0.5) is 0 Å². The number of hydrogen-bond acceptors (Lipinski definition) is 3. The van der Waals surface area contributed by atoms with Crippen LogP contribution in [-0.4, -0.2) is 22.6 Å². The van der Waals surface area contributed by atoms with E-state index in [4.69, 9.17) is 9.84 Å². The number of carboxylic acid groups (broad SMARTS) is 1. The topological polar surface area (TPSA) is 63.6 Å². The van der Waals surface area contributed by atoms with Gasteiger partial charge in [-0.15, -0.1) is 0 Å². The molecule has 15 heavy (non-hydrogen) atoms. The van der Waals surface area contributed by atoms with Crippen LogP contribution >= 0.6 is 0 Å². The molecule has 0 aromatic heterocycles. The predicted octanol–water partition coefficient (Wildman–Crippen LogP) is 1.58. The number of carboxylic acids is 1. The molecular weight excluding hydrogens is 196 g/mol. The maximum absolute atomic E-state index is 11.6. The molecule has 1 N–H and O–H groups in total. The Hall–Kier alpha value is -1.06. The minimum atomic E-state index is -0.892. The zero-order valence-electron chi connectivity index (χ0n) is 8.86. The summed E-state index contributed by atoms with van der Waals surface area (Å²) in [7, 11) is 0. The quantitative estimate of drug-likeness (QED) is 0.706. The molecule has 4 heteroatoms. The van der Waals surface area contributed by atoms with Gasteiger partial charge in [-0.3, -0.25) is 9.59 Å². The van der Waals surface area contributed by atoms with Crippen LogP contribution < -0.4 is 0 Å². The number of esters is 1. The second-order valence-corrected chi connectivity index (χ2v) is 4.80. The fourth-order valence-electron chi connectivity index (χ4n) is 2.99. The first-order valence-electron chi connectivity index (χ1n) is 5.47. The molecule has 0 aromatic carbocycles. The molecule has 84 valence electrons. The molecule has 3 atom stereocenters. The van der Waals surface area contributed by atoms with Crippen LogP contribution in [0.15, 0.2) is 0 Å². The van der Waals surface area contributed by atoms with Gasteiger partial charge in [0.2, 0.25) is 0 Å². The summed E-state index contributed by atoms with van der Waals surface area (Å²) in [6.45, 7) is 1.76. The molecule has 4 nitrogen and oxygen atoms in total. The summed E-state index contributed by atoms with van der Waals surface area (Å²) >= 11 is 0. The monoisotopic (exact) mass is 212 g/mol. The Morgan fingerprint density at radius 3 is 2.87 bits per heavy atom. The van der Waals surface area contributed by atoms with Crippen LogP contribution in [-0.2, 0) is 14.3 Å². The lowest BCUT2D eigenvalue weighted by Crippen LogP contribution is -2.37. The summed E-state index contributed by atoms with van der Waals surface area (Å²) in [6, 6.07) is 0. The van der Waals surface area contributed by atoms with E-state index in [0.717, 1.165) is 25.7 Å². The second-order valence-electron chi connectivity index (χ2n) is 4.80. The van der Waals surface area contributed by atoms with Gasteiger partial charge in [-0.2, -0.15) is 0 Å². The van der Waals surface area contributed by atoms with Gasteiger partial charge in [0.1, 0.15) is 5.60 Å².